The van der Waals surface area contributed by atoms with E-state index in [4.69, 9.17) is 16.0 Å². The Morgan fingerprint density at radius 3 is 2.74 bits per heavy atom. The van der Waals surface area contributed by atoms with Gasteiger partial charge in [0.2, 0.25) is 5.91 Å². The monoisotopic (exact) mass is 336 g/mol. The van der Waals surface area contributed by atoms with Crippen molar-refractivity contribution in [2.45, 2.75) is 45.2 Å². The van der Waals surface area contributed by atoms with Gasteiger partial charge in [0, 0.05) is 24.2 Å². The molecule has 2 aromatic rings. The van der Waals surface area contributed by atoms with Gasteiger partial charge in [0.05, 0.1) is 5.52 Å². The summed E-state index contributed by atoms with van der Waals surface area (Å²) in [6, 6.07) is 5.25. The van der Waals surface area contributed by atoms with Crippen molar-refractivity contribution in [2.24, 2.45) is 5.92 Å². The number of nitrogens with zero attached hydrogens (tertiary/aromatic N) is 2. The number of hydrogen-bond acceptors (Lipinski definition) is 3. The van der Waals surface area contributed by atoms with Crippen LogP contribution in [0.15, 0.2) is 27.4 Å². The minimum absolute atomic E-state index is 0.00395. The van der Waals surface area contributed by atoms with E-state index in [-0.39, 0.29) is 18.5 Å². The molecule has 5 nitrogen and oxygen atoms in total. The van der Waals surface area contributed by atoms with E-state index in [0.717, 1.165) is 31.6 Å². The van der Waals surface area contributed by atoms with Gasteiger partial charge in [-0.2, -0.15) is 0 Å². The first kappa shape index (κ1) is 16.1. The quantitative estimate of drug-likeness (QED) is 0.864. The molecule has 6 heteroatoms. The Hall–Kier alpha value is -1.75. The first-order chi connectivity index (χ1) is 11.0. The van der Waals surface area contributed by atoms with Gasteiger partial charge in [-0.05, 0) is 43.7 Å². The lowest BCUT2D eigenvalue weighted by Gasteiger charge is -2.33. The molecule has 1 aliphatic carbocycles. The summed E-state index contributed by atoms with van der Waals surface area (Å²) in [5.74, 6) is 0.144. The number of carbonyl (C=O) groups is 1. The molecule has 1 aliphatic rings. The number of oxazole rings is 1. The van der Waals surface area contributed by atoms with E-state index in [0.29, 0.717) is 16.1 Å². The van der Waals surface area contributed by atoms with E-state index in [1.807, 2.05) is 7.05 Å². The number of benzene rings is 1. The molecule has 0 N–H and O–H groups in total. The number of amides is 1. The first-order valence-corrected chi connectivity index (χ1v) is 8.38. The van der Waals surface area contributed by atoms with Crippen molar-refractivity contribution in [1.29, 1.82) is 0 Å². The zero-order valence-corrected chi connectivity index (χ0v) is 14.2. The molecule has 1 aromatic heterocycles. The molecule has 0 atom stereocenters. The van der Waals surface area contributed by atoms with Crippen LogP contribution in [0.2, 0.25) is 5.02 Å². The lowest BCUT2D eigenvalue weighted by molar-refractivity contribution is -0.133. The van der Waals surface area contributed by atoms with Gasteiger partial charge < -0.3 is 9.32 Å². The fraction of sp³-hybridized carbons (Fsp3) is 0.529. The maximum absolute atomic E-state index is 12.6. The summed E-state index contributed by atoms with van der Waals surface area (Å²) in [5.41, 5.74) is 1.00. The number of halogens is 1. The van der Waals surface area contributed by atoms with Gasteiger partial charge >= 0.3 is 5.76 Å². The van der Waals surface area contributed by atoms with Crippen molar-refractivity contribution >= 4 is 28.6 Å². The van der Waals surface area contributed by atoms with E-state index < -0.39 is 5.76 Å². The Labute approximate surface area is 139 Å². The van der Waals surface area contributed by atoms with E-state index >= 15 is 0 Å². The predicted molar refractivity (Wildman–Crippen MR) is 89.7 cm³/mol. The molecule has 1 aromatic carbocycles. The molecule has 0 bridgehead atoms. The second-order valence-corrected chi connectivity index (χ2v) is 6.92. The second-order valence-electron chi connectivity index (χ2n) is 6.48. The van der Waals surface area contributed by atoms with Gasteiger partial charge in [-0.1, -0.05) is 18.5 Å². The minimum Gasteiger partial charge on any atom is -0.408 e. The number of carbonyl (C=O) groups excluding carboxylic acids is 1. The number of rotatable bonds is 3. The van der Waals surface area contributed by atoms with E-state index in [2.05, 4.69) is 6.92 Å². The van der Waals surface area contributed by atoms with Crippen molar-refractivity contribution in [1.82, 2.24) is 9.47 Å². The number of likely N-dealkylation sites (N-methyl/N-ethyl adjacent to an activating group) is 1. The van der Waals surface area contributed by atoms with Gasteiger partial charge in [0.15, 0.2) is 5.58 Å². The maximum Gasteiger partial charge on any atom is 0.420 e. The number of aromatic nitrogens is 1. The highest BCUT2D eigenvalue weighted by Gasteiger charge is 2.25. The summed E-state index contributed by atoms with van der Waals surface area (Å²) < 4.78 is 6.54. The van der Waals surface area contributed by atoms with Crippen molar-refractivity contribution in [3.63, 3.8) is 0 Å². The highest BCUT2D eigenvalue weighted by atomic mass is 35.5. The normalized spacial score (nSPS) is 21.5. The third kappa shape index (κ3) is 3.29. The summed E-state index contributed by atoms with van der Waals surface area (Å²) in [4.78, 5) is 26.3. The van der Waals surface area contributed by atoms with Crippen molar-refractivity contribution in [2.75, 3.05) is 7.05 Å². The lowest BCUT2D eigenvalue weighted by atomic mass is 9.87. The van der Waals surface area contributed by atoms with Crippen LogP contribution in [0.5, 0.6) is 0 Å². The van der Waals surface area contributed by atoms with Gasteiger partial charge in [0.25, 0.3) is 0 Å². The zero-order valence-electron chi connectivity index (χ0n) is 13.4. The minimum atomic E-state index is -0.527. The van der Waals surface area contributed by atoms with Crippen molar-refractivity contribution < 1.29 is 9.21 Å². The topological polar surface area (TPSA) is 55.5 Å². The third-order valence-corrected chi connectivity index (χ3v) is 5.09. The van der Waals surface area contributed by atoms with Gasteiger partial charge in [-0.25, -0.2) is 4.79 Å². The van der Waals surface area contributed by atoms with Gasteiger partial charge in [-0.3, -0.25) is 9.36 Å². The molecular formula is C17H21ClN2O3. The van der Waals surface area contributed by atoms with Crippen LogP contribution in [-0.4, -0.2) is 28.5 Å². The van der Waals surface area contributed by atoms with Crippen LogP contribution in [0.1, 0.15) is 32.6 Å². The van der Waals surface area contributed by atoms with Crippen LogP contribution in [0.4, 0.5) is 0 Å². The van der Waals surface area contributed by atoms with Gasteiger partial charge in [-0.15, -0.1) is 0 Å². The average Bonchev–Trinajstić information content (AvgIpc) is 2.82. The Balaban J connectivity index is 1.77. The largest absolute Gasteiger partial charge is 0.420 e. The van der Waals surface area contributed by atoms with Crippen LogP contribution in [-0.2, 0) is 11.3 Å². The Morgan fingerprint density at radius 2 is 2.04 bits per heavy atom. The summed E-state index contributed by atoms with van der Waals surface area (Å²) in [6.07, 6.45) is 4.35. The molecule has 1 fully saturated rings. The number of hydrogen-bond donors (Lipinski definition) is 0. The Morgan fingerprint density at radius 1 is 1.35 bits per heavy atom. The van der Waals surface area contributed by atoms with E-state index in [1.54, 1.807) is 23.1 Å². The summed E-state index contributed by atoms with van der Waals surface area (Å²) in [5, 5.41) is 0.498. The SMILES string of the molecule is CC1CCC(N(C)C(=O)Cn2c(=O)oc3cc(Cl)ccc32)CC1. The lowest BCUT2D eigenvalue weighted by Crippen LogP contribution is -2.41. The van der Waals surface area contributed by atoms with E-state index in [9.17, 15) is 9.59 Å². The Kier molecular flexibility index (Phi) is 4.48. The van der Waals surface area contributed by atoms with Crippen LogP contribution >= 0.6 is 11.6 Å². The third-order valence-electron chi connectivity index (χ3n) is 4.85. The molecule has 0 unspecified atom stereocenters. The standard InChI is InChI=1S/C17H21ClN2O3/c1-11-3-6-13(7-4-11)19(2)16(21)10-20-14-8-5-12(18)9-15(14)23-17(20)22/h5,8-9,11,13H,3-4,6-7,10H2,1-2H3. The van der Waals surface area contributed by atoms with Crippen LogP contribution < -0.4 is 5.76 Å². The highest BCUT2D eigenvalue weighted by Crippen LogP contribution is 2.26. The predicted octanol–water partition coefficient (Wildman–Crippen LogP) is 3.29. The molecule has 124 valence electrons. The molecule has 0 radical (unpaired) electrons. The van der Waals surface area contributed by atoms with Crippen molar-refractivity contribution in [3.8, 4) is 0 Å². The van der Waals surface area contributed by atoms with Crippen LogP contribution in [0, 0.1) is 5.92 Å². The number of fused-ring (bicyclic) bond motifs is 1. The molecule has 1 heterocycles. The van der Waals surface area contributed by atoms with Gasteiger partial charge in [0.1, 0.15) is 6.54 Å². The molecule has 3 rings (SSSR count). The first-order valence-electron chi connectivity index (χ1n) is 8.00. The highest BCUT2D eigenvalue weighted by molar-refractivity contribution is 6.31. The molecule has 1 saturated carbocycles. The summed E-state index contributed by atoms with van der Waals surface area (Å²) >= 11 is 5.90. The Bertz CT molecular complexity index is 772. The zero-order chi connectivity index (χ0) is 16.6. The molecular weight excluding hydrogens is 316 g/mol. The fourth-order valence-electron chi connectivity index (χ4n) is 3.27. The van der Waals surface area contributed by atoms with Crippen molar-refractivity contribution in [3.05, 3.63) is 33.8 Å². The smallest absolute Gasteiger partial charge is 0.408 e. The summed E-state index contributed by atoms with van der Waals surface area (Å²) in [7, 11) is 1.83. The van der Waals surface area contributed by atoms with Crippen LogP contribution in [0.25, 0.3) is 11.1 Å². The van der Waals surface area contributed by atoms with Crippen LogP contribution in [0.3, 0.4) is 0 Å². The fourth-order valence-corrected chi connectivity index (χ4v) is 3.43. The molecule has 1 amide bonds. The molecule has 0 aliphatic heterocycles. The maximum atomic E-state index is 12.6. The second kappa shape index (κ2) is 6.40. The summed E-state index contributed by atoms with van der Waals surface area (Å²) in [6.45, 7) is 2.25. The average molecular weight is 337 g/mol. The molecule has 0 saturated heterocycles. The van der Waals surface area contributed by atoms with E-state index in [1.165, 1.54) is 4.57 Å². The molecule has 23 heavy (non-hydrogen) atoms. The molecule has 0 spiro atoms.